The first-order valence-electron chi connectivity index (χ1n) is 8.21. The molecule has 0 bridgehead atoms. The summed E-state index contributed by atoms with van der Waals surface area (Å²) in [5, 5.41) is 3.60. The first-order valence-corrected chi connectivity index (χ1v) is 9.62. The van der Waals surface area contributed by atoms with Crippen LogP contribution in [0.5, 0.6) is 0 Å². The SMILES string of the molecule is C[N+](C)(CCNCCCCCC[SiH3])Cc1ccccc1. The number of quaternary nitrogens is 1. The van der Waals surface area contributed by atoms with E-state index in [0.717, 1.165) is 17.6 Å². The van der Waals surface area contributed by atoms with Crippen LogP contribution in [0.4, 0.5) is 0 Å². The number of rotatable bonds is 11. The molecule has 0 unspecified atom stereocenters. The molecule has 0 saturated heterocycles. The normalized spacial score (nSPS) is 11.9. The van der Waals surface area contributed by atoms with Gasteiger partial charge in [-0.15, -0.1) is 0 Å². The van der Waals surface area contributed by atoms with Crippen molar-refractivity contribution < 1.29 is 4.48 Å². The van der Waals surface area contributed by atoms with Gasteiger partial charge >= 0.3 is 0 Å². The maximum atomic E-state index is 3.60. The Morgan fingerprint density at radius 2 is 1.65 bits per heavy atom. The van der Waals surface area contributed by atoms with Gasteiger partial charge < -0.3 is 9.80 Å². The molecule has 2 nitrogen and oxygen atoms in total. The third-order valence-electron chi connectivity index (χ3n) is 3.80. The number of hydrogen-bond donors (Lipinski definition) is 1. The van der Waals surface area contributed by atoms with E-state index in [4.69, 9.17) is 0 Å². The monoisotopic (exact) mass is 293 g/mol. The summed E-state index contributed by atoms with van der Waals surface area (Å²) in [5.41, 5.74) is 1.43. The summed E-state index contributed by atoms with van der Waals surface area (Å²) in [4.78, 5) is 0. The van der Waals surface area contributed by atoms with Gasteiger partial charge in [0.05, 0.1) is 20.6 Å². The molecule has 3 heteroatoms. The average Bonchev–Trinajstić information content (AvgIpc) is 2.42. The Hall–Kier alpha value is -0.643. The maximum absolute atomic E-state index is 3.60. The van der Waals surface area contributed by atoms with Gasteiger partial charge in [-0.1, -0.05) is 55.6 Å². The van der Waals surface area contributed by atoms with Crippen LogP contribution in [0.15, 0.2) is 30.3 Å². The fourth-order valence-electron chi connectivity index (χ4n) is 2.52. The Balaban J connectivity index is 2.08. The summed E-state index contributed by atoms with van der Waals surface area (Å²) in [6.07, 6.45) is 5.62. The van der Waals surface area contributed by atoms with Crippen LogP contribution >= 0.6 is 0 Å². The third-order valence-corrected chi connectivity index (χ3v) is 4.51. The summed E-state index contributed by atoms with van der Waals surface area (Å²) in [6, 6.07) is 12.3. The van der Waals surface area contributed by atoms with Crippen LogP contribution < -0.4 is 5.32 Å². The Bertz CT molecular complexity index is 338. The van der Waals surface area contributed by atoms with E-state index in [9.17, 15) is 0 Å². The van der Waals surface area contributed by atoms with Gasteiger partial charge in [-0.3, -0.25) is 0 Å². The zero-order chi connectivity index (χ0) is 14.7. The van der Waals surface area contributed by atoms with Crippen molar-refractivity contribution in [1.82, 2.24) is 5.32 Å². The van der Waals surface area contributed by atoms with Crippen molar-refractivity contribution in [1.29, 1.82) is 0 Å². The van der Waals surface area contributed by atoms with Gasteiger partial charge in [0.2, 0.25) is 0 Å². The topological polar surface area (TPSA) is 12.0 Å². The van der Waals surface area contributed by atoms with E-state index in [-0.39, 0.29) is 0 Å². The van der Waals surface area contributed by atoms with Crippen molar-refractivity contribution >= 4 is 10.2 Å². The molecule has 0 heterocycles. The van der Waals surface area contributed by atoms with Crippen LogP contribution in [0.1, 0.15) is 31.2 Å². The molecule has 0 amide bonds. The second kappa shape index (κ2) is 10.1. The fourth-order valence-corrected chi connectivity index (χ4v) is 3.02. The van der Waals surface area contributed by atoms with Crippen LogP contribution in [0, 0.1) is 0 Å². The minimum atomic E-state index is 1.05. The van der Waals surface area contributed by atoms with E-state index < -0.39 is 0 Å². The average molecular weight is 294 g/mol. The summed E-state index contributed by atoms with van der Waals surface area (Å²) < 4.78 is 1.05. The Kier molecular flexibility index (Phi) is 8.82. The molecule has 0 spiro atoms. The third kappa shape index (κ3) is 8.51. The van der Waals surface area contributed by atoms with E-state index in [1.54, 1.807) is 0 Å². The highest BCUT2D eigenvalue weighted by atomic mass is 28.1. The van der Waals surface area contributed by atoms with Gasteiger partial charge in [-0.05, 0) is 13.0 Å². The van der Waals surface area contributed by atoms with Gasteiger partial charge in [0.15, 0.2) is 0 Å². The summed E-state index contributed by atoms with van der Waals surface area (Å²) >= 11 is 0. The molecule has 0 fully saturated rings. The van der Waals surface area contributed by atoms with Crippen LogP contribution in [0.25, 0.3) is 0 Å². The molecule has 1 aromatic rings. The van der Waals surface area contributed by atoms with Crippen LogP contribution in [0.2, 0.25) is 6.04 Å². The standard InChI is InChI=1S/C17H33N2Si/c1-19(2,16-17-10-6-5-7-11-17)14-13-18-12-8-3-4-9-15-20/h5-7,10-11,18H,3-4,8-9,12-16H2,1-2,20H3/q+1. The Morgan fingerprint density at radius 1 is 0.950 bits per heavy atom. The predicted molar refractivity (Wildman–Crippen MR) is 93.2 cm³/mol. The molecule has 1 rings (SSSR count). The molecule has 20 heavy (non-hydrogen) atoms. The second-order valence-corrected chi connectivity index (χ2v) is 7.47. The minimum Gasteiger partial charge on any atom is -0.324 e. The zero-order valence-electron chi connectivity index (χ0n) is 13.7. The van der Waals surface area contributed by atoms with Crippen molar-refractivity contribution in [2.75, 3.05) is 33.7 Å². The molecule has 0 saturated carbocycles. The first kappa shape index (κ1) is 17.4. The van der Waals surface area contributed by atoms with E-state index in [0.29, 0.717) is 0 Å². The molecule has 0 aliphatic rings. The lowest BCUT2D eigenvalue weighted by Crippen LogP contribution is -2.43. The van der Waals surface area contributed by atoms with E-state index in [1.165, 1.54) is 60.6 Å². The van der Waals surface area contributed by atoms with Crippen molar-refractivity contribution in [2.45, 2.75) is 38.3 Å². The highest BCUT2D eigenvalue weighted by Crippen LogP contribution is 2.08. The van der Waals surface area contributed by atoms with Crippen molar-refractivity contribution in [2.24, 2.45) is 0 Å². The smallest absolute Gasteiger partial charge is 0.104 e. The van der Waals surface area contributed by atoms with Gasteiger partial charge in [0.1, 0.15) is 6.54 Å². The van der Waals surface area contributed by atoms with Gasteiger partial charge in [0.25, 0.3) is 0 Å². The van der Waals surface area contributed by atoms with Gasteiger partial charge in [-0.25, -0.2) is 0 Å². The molecular formula is C17H33N2Si+. The lowest BCUT2D eigenvalue weighted by Gasteiger charge is -2.30. The summed E-state index contributed by atoms with van der Waals surface area (Å²) in [5.74, 6) is 0. The first-order chi connectivity index (χ1) is 9.64. The number of benzene rings is 1. The zero-order valence-corrected chi connectivity index (χ0v) is 15.7. The summed E-state index contributed by atoms with van der Waals surface area (Å²) in [7, 11) is 6.01. The summed E-state index contributed by atoms with van der Waals surface area (Å²) in [6.45, 7) is 4.62. The number of nitrogens with one attached hydrogen (secondary N) is 1. The highest BCUT2D eigenvalue weighted by Gasteiger charge is 2.14. The molecule has 1 N–H and O–H groups in total. The molecule has 1 aromatic carbocycles. The van der Waals surface area contributed by atoms with E-state index >= 15 is 0 Å². The number of nitrogens with zero attached hydrogens (tertiary/aromatic N) is 1. The van der Waals surface area contributed by atoms with Gasteiger partial charge in [0, 0.05) is 22.4 Å². The molecule has 0 aromatic heterocycles. The lowest BCUT2D eigenvalue weighted by atomic mass is 10.2. The maximum Gasteiger partial charge on any atom is 0.104 e. The predicted octanol–water partition coefficient (Wildman–Crippen LogP) is 2.20. The fraction of sp³-hybridized carbons (Fsp3) is 0.647. The van der Waals surface area contributed by atoms with Gasteiger partial charge in [-0.2, -0.15) is 0 Å². The van der Waals surface area contributed by atoms with Crippen molar-refractivity contribution in [3.05, 3.63) is 35.9 Å². The molecule has 0 radical (unpaired) electrons. The van der Waals surface area contributed by atoms with Crippen LogP contribution in [-0.4, -0.2) is 48.5 Å². The number of hydrogen-bond acceptors (Lipinski definition) is 1. The van der Waals surface area contributed by atoms with E-state index in [1.807, 2.05) is 0 Å². The Labute approximate surface area is 128 Å². The quantitative estimate of drug-likeness (QED) is 0.375. The highest BCUT2D eigenvalue weighted by molar-refractivity contribution is 6.08. The number of likely N-dealkylation sites (N-methyl/N-ethyl adjacent to an activating group) is 1. The van der Waals surface area contributed by atoms with Crippen LogP contribution in [-0.2, 0) is 6.54 Å². The second-order valence-electron chi connectivity index (χ2n) is 6.47. The molecule has 0 atom stereocenters. The van der Waals surface area contributed by atoms with Crippen molar-refractivity contribution in [3.8, 4) is 0 Å². The molecule has 0 aliphatic carbocycles. The molecule has 0 aliphatic heterocycles. The Morgan fingerprint density at radius 3 is 2.35 bits per heavy atom. The van der Waals surface area contributed by atoms with Crippen molar-refractivity contribution in [3.63, 3.8) is 0 Å². The van der Waals surface area contributed by atoms with Crippen LogP contribution in [0.3, 0.4) is 0 Å². The number of unbranched alkanes of at least 4 members (excludes halogenated alkanes) is 3. The largest absolute Gasteiger partial charge is 0.324 e. The molecular weight excluding hydrogens is 260 g/mol. The molecule has 114 valence electrons. The lowest BCUT2D eigenvalue weighted by molar-refractivity contribution is -0.902. The minimum absolute atomic E-state index is 1.05. The van der Waals surface area contributed by atoms with E-state index in [2.05, 4.69) is 49.7 Å².